The highest BCUT2D eigenvalue weighted by Gasteiger charge is 2.25. The van der Waals surface area contributed by atoms with Gasteiger partial charge >= 0.3 is 0 Å². The van der Waals surface area contributed by atoms with Gasteiger partial charge in [0, 0.05) is 24.7 Å². The zero-order valence-electron chi connectivity index (χ0n) is 16.3. The molecule has 0 fully saturated rings. The second-order valence-electron chi connectivity index (χ2n) is 7.14. The van der Waals surface area contributed by atoms with Gasteiger partial charge < -0.3 is 4.90 Å². The number of thioether (sulfide) groups is 1. The summed E-state index contributed by atoms with van der Waals surface area (Å²) in [6.07, 6.45) is 4.32. The molecule has 2 heterocycles. The lowest BCUT2D eigenvalue weighted by molar-refractivity contribution is -0.117. The molecule has 1 aromatic carbocycles. The molecule has 1 atom stereocenters. The van der Waals surface area contributed by atoms with Crippen molar-refractivity contribution in [3.63, 3.8) is 0 Å². The van der Waals surface area contributed by atoms with E-state index in [0.29, 0.717) is 5.16 Å². The van der Waals surface area contributed by atoms with E-state index in [-0.39, 0.29) is 16.7 Å². The number of hydrogen-bond acceptors (Lipinski definition) is 5. The maximum absolute atomic E-state index is 13.0. The number of anilines is 1. The molecule has 1 aliphatic carbocycles. The van der Waals surface area contributed by atoms with Crippen molar-refractivity contribution in [3.05, 3.63) is 51.1 Å². The van der Waals surface area contributed by atoms with Crippen LogP contribution in [0.1, 0.15) is 30.2 Å². The minimum absolute atomic E-state index is 0.00274. The monoisotopic (exact) mass is 413 g/mol. The molecule has 0 radical (unpaired) electrons. The summed E-state index contributed by atoms with van der Waals surface area (Å²) in [6.45, 7) is 1.86. The molecule has 0 bridgehead atoms. The van der Waals surface area contributed by atoms with Crippen molar-refractivity contribution in [3.8, 4) is 0 Å². The first-order valence-corrected chi connectivity index (χ1v) is 11.2. The number of carbonyl (C=O) groups is 1. The fraction of sp³-hybridized carbons (Fsp3) is 0.381. The smallest absolute Gasteiger partial charge is 0.262 e. The normalized spacial score (nSPS) is 14.7. The average molecular weight is 414 g/mol. The van der Waals surface area contributed by atoms with E-state index < -0.39 is 0 Å². The van der Waals surface area contributed by atoms with Gasteiger partial charge in [-0.2, -0.15) is 0 Å². The second-order valence-corrected chi connectivity index (χ2v) is 9.53. The number of aryl methyl sites for hydroxylation is 2. The molecule has 0 unspecified atom stereocenters. The molecule has 28 heavy (non-hydrogen) atoms. The van der Waals surface area contributed by atoms with Crippen molar-refractivity contribution in [2.75, 3.05) is 11.9 Å². The Hall–Kier alpha value is -2.12. The first kappa shape index (κ1) is 19.2. The molecular weight excluding hydrogens is 390 g/mol. The molecule has 146 valence electrons. The third-order valence-electron chi connectivity index (χ3n) is 5.26. The third kappa shape index (κ3) is 3.37. The van der Waals surface area contributed by atoms with Crippen molar-refractivity contribution >= 4 is 44.9 Å². The van der Waals surface area contributed by atoms with Crippen LogP contribution in [-0.4, -0.2) is 27.8 Å². The number of para-hydroxylation sites is 1. The van der Waals surface area contributed by atoms with E-state index in [0.717, 1.165) is 35.2 Å². The van der Waals surface area contributed by atoms with Gasteiger partial charge in [0.2, 0.25) is 5.91 Å². The van der Waals surface area contributed by atoms with Crippen LogP contribution >= 0.6 is 23.1 Å². The minimum atomic E-state index is -0.352. The van der Waals surface area contributed by atoms with E-state index in [2.05, 4.69) is 0 Å². The molecule has 1 aliphatic rings. The maximum Gasteiger partial charge on any atom is 0.262 e. The van der Waals surface area contributed by atoms with Crippen molar-refractivity contribution in [2.24, 2.45) is 7.05 Å². The topological polar surface area (TPSA) is 55.2 Å². The average Bonchev–Trinajstić information content (AvgIpc) is 3.09. The summed E-state index contributed by atoms with van der Waals surface area (Å²) >= 11 is 2.99. The number of aromatic nitrogens is 2. The van der Waals surface area contributed by atoms with Crippen molar-refractivity contribution in [1.82, 2.24) is 9.55 Å². The van der Waals surface area contributed by atoms with Gasteiger partial charge in [0.05, 0.1) is 10.6 Å². The number of benzene rings is 1. The van der Waals surface area contributed by atoms with E-state index in [9.17, 15) is 9.59 Å². The molecule has 2 aromatic heterocycles. The summed E-state index contributed by atoms with van der Waals surface area (Å²) in [4.78, 5) is 34.4. The molecule has 0 spiro atoms. The van der Waals surface area contributed by atoms with Crippen molar-refractivity contribution in [2.45, 2.75) is 43.0 Å². The number of rotatable bonds is 4. The Morgan fingerprint density at radius 1 is 1.25 bits per heavy atom. The van der Waals surface area contributed by atoms with Gasteiger partial charge in [-0.1, -0.05) is 30.0 Å². The lowest BCUT2D eigenvalue weighted by Crippen LogP contribution is -2.33. The highest BCUT2D eigenvalue weighted by atomic mass is 32.2. The quantitative estimate of drug-likeness (QED) is 0.479. The summed E-state index contributed by atoms with van der Waals surface area (Å²) in [6, 6.07) is 9.57. The van der Waals surface area contributed by atoms with Gasteiger partial charge in [-0.15, -0.1) is 11.3 Å². The number of nitrogens with zero attached hydrogens (tertiary/aromatic N) is 3. The summed E-state index contributed by atoms with van der Waals surface area (Å²) in [5.74, 6) is -0.0176. The molecule has 0 saturated heterocycles. The second kappa shape index (κ2) is 7.72. The van der Waals surface area contributed by atoms with Gasteiger partial charge in [-0.25, -0.2) is 4.98 Å². The molecule has 5 nitrogen and oxygen atoms in total. The fourth-order valence-electron chi connectivity index (χ4n) is 3.63. The van der Waals surface area contributed by atoms with Crippen molar-refractivity contribution in [1.29, 1.82) is 0 Å². The SMILES string of the molecule is C[C@H](Sc1nc2sc3c(c2c(=O)n1C)CCCC3)C(=O)N(C)c1ccccc1. The van der Waals surface area contributed by atoms with Crippen LogP contribution in [0.25, 0.3) is 10.2 Å². The summed E-state index contributed by atoms with van der Waals surface area (Å²) in [7, 11) is 3.53. The summed E-state index contributed by atoms with van der Waals surface area (Å²) in [5.41, 5.74) is 2.05. The van der Waals surface area contributed by atoms with Crippen LogP contribution in [0.4, 0.5) is 5.69 Å². The molecule has 0 aliphatic heterocycles. The Morgan fingerprint density at radius 2 is 1.96 bits per heavy atom. The fourth-order valence-corrected chi connectivity index (χ4v) is 5.90. The Balaban J connectivity index is 1.63. The van der Waals surface area contributed by atoms with Gasteiger partial charge in [-0.05, 0) is 50.3 Å². The molecule has 3 aromatic rings. The van der Waals surface area contributed by atoms with Gasteiger partial charge in [0.15, 0.2) is 5.16 Å². The van der Waals surface area contributed by atoms with Crippen LogP contribution in [0, 0.1) is 0 Å². The summed E-state index contributed by atoms with van der Waals surface area (Å²) < 4.78 is 1.60. The van der Waals surface area contributed by atoms with E-state index in [4.69, 9.17) is 4.98 Å². The molecule has 7 heteroatoms. The highest BCUT2D eigenvalue weighted by Crippen LogP contribution is 2.35. The number of thiophene rings is 1. The van der Waals surface area contributed by atoms with Gasteiger partial charge in [-0.3, -0.25) is 14.2 Å². The lowest BCUT2D eigenvalue weighted by atomic mass is 9.97. The highest BCUT2D eigenvalue weighted by molar-refractivity contribution is 8.00. The molecular formula is C21H23N3O2S2. The molecule has 0 saturated carbocycles. The maximum atomic E-state index is 13.0. The van der Waals surface area contributed by atoms with E-state index in [1.165, 1.54) is 28.6 Å². The number of amides is 1. The van der Waals surface area contributed by atoms with Gasteiger partial charge in [0.1, 0.15) is 4.83 Å². The van der Waals surface area contributed by atoms with Crippen LogP contribution in [0.15, 0.2) is 40.3 Å². The number of fused-ring (bicyclic) bond motifs is 3. The predicted octanol–water partition coefficient (Wildman–Crippen LogP) is 4.02. The Morgan fingerprint density at radius 3 is 2.71 bits per heavy atom. The minimum Gasteiger partial charge on any atom is -0.315 e. The standard InChI is InChI=1S/C21H23N3O2S2/c1-13(19(25)23(2)14-9-5-4-6-10-14)27-21-22-18-17(20(26)24(21)3)15-11-7-8-12-16(15)28-18/h4-6,9-10,13H,7-8,11-12H2,1-3H3/t13-/m0/s1. The van der Waals surface area contributed by atoms with Crippen LogP contribution in [0.2, 0.25) is 0 Å². The third-order valence-corrected chi connectivity index (χ3v) is 7.58. The number of carbonyl (C=O) groups excluding carboxylic acids is 1. The van der Waals surface area contributed by atoms with Crippen LogP contribution < -0.4 is 10.5 Å². The van der Waals surface area contributed by atoms with E-state index >= 15 is 0 Å². The zero-order chi connectivity index (χ0) is 19.8. The molecule has 1 amide bonds. The van der Waals surface area contributed by atoms with Crippen LogP contribution in [0.5, 0.6) is 0 Å². The molecule has 0 N–H and O–H groups in total. The lowest BCUT2D eigenvalue weighted by Gasteiger charge is -2.21. The first-order chi connectivity index (χ1) is 13.5. The van der Waals surface area contributed by atoms with Crippen molar-refractivity contribution < 1.29 is 4.79 Å². The Labute approximate surface area is 172 Å². The largest absolute Gasteiger partial charge is 0.315 e. The predicted molar refractivity (Wildman–Crippen MR) is 117 cm³/mol. The van der Waals surface area contributed by atoms with E-state index in [1.807, 2.05) is 37.3 Å². The zero-order valence-corrected chi connectivity index (χ0v) is 17.9. The van der Waals surface area contributed by atoms with Crippen LogP contribution in [0.3, 0.4) is 0 Å². The summed E-state index contributed by atoms with van der Waals surface area (Å²) in [5, 5.41) is 1.03. The van der Waals surface area contributed by atoms with Crippen LogP contribution in [-0.2, 0) is 24.7 Å². The first-order valence-electron chi connectivity index (χ1n) is 9.48. The Kier molecular flexibility index (Phi) is 5.29. The van der Waals surface area contributed by atoms with Gasteiger partial charge in [0.25, 0.3) is 5.56 Å². The van der Waals surface area contributed by atoms with E-state index in [1.54, 1.807) is 34.9 Å². The Bertz CT molecular complexity index is 1090. The molecule has 4 rings (SSSR count). The number of hydrogen-bond donors (Lipinski definition) is 0.